The lowest BCUT2D eigenvalue weighted by molar-refractivity contribution is -0.192. The molecule has 3 aromatic carbocycles. The fourth-order valence-corrected chi connectivity index (χ4v) is 11.6. The molecular formula is C50H65F3N6O6. The van der Waals surface area contributed by atoms with Gasteiger partial charge in [0.2, 0.25) is 0 Å². The Morgan fingerprint density at radius 1 is 0.538 bits per heavy atom. The second-order valence-electron chi connectivity index (χ2n) is 18.7. The van der Waals surface area contributed by atoms with Gasteiger partial charge in [0.05, 0.1) is 13.1 Å². The summed E-state index contributed by atoms with van der Waals surface area (Å²) < 4.78 is 43.7. The highest BCUT2D eigenvalue weighted by atomic mass is 19.4. The van der Waals surface area contributed by atoms with Gasteiger partial charge in [-0.3, -0.25) is 9.80 Å². The van der Waals surface area contributed by atoms with Crippen LogP contribution in [0.1, 0.15) is 136 Å². The number of urea groups is 2. The zero-order chi connectivity index (χ0) is 45.3. The summed E-state index contributed by atoms with van der Waals surface area (Å²) in [6.45, 7) is 3.83. The second-order valence-corrected chi connectivity index (χ2v) is 18.7. The number of ether oxygens (including phenoxy) is 2. The minimum absolute atomic E-state index is 0.129. The van der Waals surface area contributed by atoms with Crippen molar-refractivity contribution in [1.82, 2.24) is 31.1 Å². The predicted octanol–water partition coefficient (Wildman–Crippen LogP) is 9.36. The van der Waals surface area contributed by atoms with Crippen LogP contribution in [0.25, 0.3) is 0 Å². The van der Waals surface area contributed by atoms with Crippen LogP contribution in [0.4, 0.5) is 22.8 Å². The third-order valence-corrected chi connectivity index (χ3v) is 14.8. The number of halogens is 3. The second kappa shape index (κ2) is 21.5. The molecule has 352 valence electrons. The lowest BCUT2D eigenvalue weighted by Gasteiger charge is -2.31. The molecule has 4 atom stereocenters. The van der Waals surface area contributed by atoms with Gasteiger partial charge in [-0.2, -0.15) is 13.2 Å². The summed E-state index contributed by atoms with van der Waals surface area (Å²) in [6.07, 6.45) is 11.5. The summed E-state index contributed by atoms with van der Waals surface area (Å²) in [5.74, 6) is -0.0256. The van der Waals surface area contributed by atoms with E-state index in [4.69, 9.17) is 19.4 Å². The zero-order valence-electron chi connectivity index (χ0n) is 37.2. The Labute approximate surface area is 380 Å². The average molecular weight is 903 g/mol. The molecule has 65 heavy (non-hydrogen) atoms. The highest BCUT2D eigenvalue weighted by molar-refractivity contribution is 5.74. The Balaban J connectivity index is 0.000000763. The summed E-state index contributed by atoms with van der Waals surface area (Å²) in [5, 5.41) is 19.4. The molecule has 4 bridgehead atoms. The van der Waals surface area contributed by atoms with E-state index in [0.717, 1.165) is 37.5 Å². The number of nitrogens with one attached hydrogen (secondary N) is 4. The van der Waals surface area contributed by atoms with Crippen LogP contribution in [-0.4, -0.2) is 90.6 Å². The number of carboxylic acid groups (broad SMARTS) is 1. The van der Waals surface area contributed by atoms with Gasteiger partial charge in [0.1, 0.15) is 13.2 Å². The SMILES string of the molecule is O=C(NCCOc1ccccc1OCCNC(=O)NC1CCC(CCN2[C@@H]3CC[C@H]2c2ccccc23)CC1)NC1CCC(CCN2C3CC[C@@H]2c2ccccc23)CC1.O=C(O)C(F)(F)F. The van der Waals surface area contributed by atoms with Crippen LogP contribution in [0.2, 0.25) is 0 Å². The molecule has 4 heterocycles. The van der Waals surface area contributed by atoms with Gasteiger partial charge in [-0.05, 0) is 149 Å². The molecule has 4 aliphatic heterocycles. The smallest absolute Gasteiger partial charge is 0.488 e. The minimum atomic E-state index is -5.08. The number of nitrogens with zero attached hydrogens (tertiary/aromatic N) is 2. The molecule has 0 spiro atoms. The van der Waals surface area contributed by atoms with Gasteiger partial charge in [-0.1, -0.05) is 60.7 Å². The molecule has 0 aromatic heterocycles. The topological polar surface area (TPSA) is 144 Å². The molecule has 1 unspecified atom stereocenters. The van der Waals surface area contributed by atoms with Crippen LogP contribution in [0.3, 0.4) is 0 Å². The molecule has 4 amide bonds. The number of para-hydroxylation sites is 2. The van der Waals surface area contributed by atoms with E-state index in [1.807, 2.05) is 24.3 Å². The predicted molar refractivity (Wildman–Crippen MR) is 241 cm³/mol. The van der Waals surface area contributed by atoms with Crippen molar-refractivity contribution in [2.45, 2.75) is 132 Å². The fraction of sp³-hybridized carbons (Fsp3) is 0.580. The van der Waals surface area contributed by atoms with Crippen LogP contribution >= 0.6 is 0 Å². The molecule has 5 N–H and O–H groups in total. The van der Waals surface area contributed by atoms with Crippen molar-refractivity contribution in [3.05, 3.63) is 95.1 Å². The molecule has 9 rings (SSSR count). The van der Waals surface area contributed by atoms with Gasteiger partial charge in [-0.25, -0.2) is 14.4 Å². The third-order valence-electron chi connectivity index (χ3n) is 14.8. The standard InChI is InChI=1S/C48H64N6O4.C2HF3O2/c55-47(51-35-17-13-33(14-18-35)25-29-53-41-21-22-42(53)38-8-2-1-7-37(38)41)49-27-31-57-45-11-5-6-12-46(45)58-32-28-50-48(56)52-36-19-15-34(16-20-36)26-30-54-43-23-24-44(54)40-10-4-3-9-39(40)43;3-2(4,5)1(6)7/h1-12,33-36,41-44H,13-32H2,(H2,49,51,55)(H2,50,52,56);(H,6,7)/t33?,34?,35?,36?,41-,42+,43-,44?;/m1./s1. The van der Waals surface area contributed by atoms with Crippen molar-refractivity contribution < 1.29 is 42.1 Å². The van der Waals surface area contributed by atoms with Gasteiger partial charge in [0.25, 0.3) is 0 Å². The lowest BCUT2D eigenvalue weighted by Crippen LogP contribution is -2.44. The number of carbonyl (C=O) groups is 3. The first-order valence-corrected chi connectivity index (χ1v) is 23.9. The number of benzene rings is 3. The Hall–Kier alpha value is -5.02. The van der Waals surface area contributed by atoms with Crippen molar-refractivity contribution in [3.63, 3.8) is 0 Å². The number of hydrogen-bond donors (Lipinski definition) is 5. The molecule has 15 heteroatoms. The Morgan fingerprint density at radius 2 is 0.862 bits per heavy atom. The summed E-state index contributed by atoms with van der Waals surface area (Å²) in [7, 11) is 0. The number of alkyl halides is 3. The van der Waals surface area contributed by atoms with Crippen LogP contribution in [0.15, 0.2) is 72.8 Å². The van der Waals surface area contributed by atoms with Crippen molar-refractivity contribution >= 4 is 18.0 Å². The van der Waals surface area contributed by atoms with E-state index in [2.05, 4.69) is 79.6 Å². The maximum Gasteiger partial charge on any atom is 0.490 e. The molecule has 12 nitrogen and oxygen atoms in total. The lowest BCUT2D eigenvalue weighted by atomic mass is 9.84. The number of carbonyl (C=O) groups excluding carboxylic acids is 2. The highest BCUT2D eigenvalue weighted by Crippen LogP contribution is 2.54. The Morgan fingerprint density at radius 3 is 1.18 bits per heavy atom. The van der Waals surface area contributed by atoms with Crippen molar-refractivity contribution in [2.75, 3.05) is 39.4 Å². The van der Waals surface area contributed by atoms with Gasteiger partial charge in [0, 0.05) is 36.3 Å². The van der Waals surface area contributed by atoms with Crippen molar-refractivity contribution in [3.8, 4) is 11.5 Å². The van der Waals surface area contributed by atoms with Gasteiger partial charge >= 0.3 is 24.2 Å². The van der Waals surface area contributed by atoms with Gasteiger partial charge in [0.15, 0.2) is 11.5 Å². The molecule has 2 saturated carbocycles. The Kier molecular flexibility index (Phi) is 15.4. The van der Waals surface area contributed by atoms with E-state index in [1.54, 1.807) is 22.3 Å². The molecular weight excluding hydrogens is 838 g/mol. The van der Waals surface area contributed by atoms with Crippen LogP contribution in [0.5, 0.6) is 11.5 Å². The van der Waals surface area contributed by atoms with Crippen LogP contribution in [-0.2, 0) is 4.79 Å². The molecule has 0 radical (unpaired) electrons. The van der Waals surface area contributed by atoms with Crippen molar-refractivity contribution in [1.29, 1.82) is 0 Å². The number of rotatable bonds is 16. The third kappa shape index (κ3) is 11.7. The first-order valence-electron chi connectivity index (χ1n) is 23.9. The Bertz CT molecular complexity index is 1880. The van der Waals surface area contributed by atoms with Gasteiger partial charge < -0.3 is 35.8 Å². The summed E-state index contributed by atoms with van der Waals surface area (Å²) in [5.41, 5.74) is 6.26. The normalized spacial score (nSPS) is 26.6. The van der Waals surface area contributed by atoms with E-state index >= 15 is 0 Å². The molecule has 2 aliphatic carbocycles. The number of carboxylic acids is 1. The average Bonchev–Trinajstić information content (AvgIpc) is 4.07. The summed E-state index contributed by atoms with van der Waals surface area (Å²) in [6, 6.07) is 28.3. The molecule has 2 saturated heterocycles. The first kappa shape index (κ1) is 46.5. The highest BCUT2D eigenvalue weighted by Gasteiger charge is 2.44. The monoisotopic (exact) mass is 902 g/mol. The number of amides is 4. The summed E-state index contributed by atoms with van der Waals surface area (Å²) >= 11 is 0. The molecule has 3 aromatic rings. The zero-order valence-corrected chi connectivity index (χ0v) is 37.2. The minimum Gasteiger partial charge on any atom is -0.488 e. The number of hydrogen-bond acceptors (Lipinski definition) is 7. The molecule has 6 aliphatic rings. The molecule has 4 fully saturated rings. The van der Waals surface area contributed by atoms with Gasteiger partial charge in [-0.15, -0.1) is 0 Å². The van der Waals surface area contributed by atoms with Crippen LogP contribution < -0.4 is 30.7 Å². The maximum absolute atomic E-state index is 12.7. The quantitative estimate of drug-likeness (QED) is 0.0896. The van der Waals surface area contributed by atoms with E-state index in [9.17, 15) is 22.8 Å². The number of aliphatic carboxylic acids is 1. The largest absolute Gasteiger partial charge is 0.490 e. The van der Waals surface area contributed by atoms with E-state index in [-0.39, 0.29) is 24.1 Å². The summed E-state index contributed by atoms with van der Waals surface area (Å²) in [4.78, 5) is 39.8. The van der Waals surface area contributed by atoms with E-state index in [1.165, 1.54) is 77.3 Å². The van der Waals surface area contributed by atoms with Crippen LogP contribution in [0, 0.1) is 11.8 Å². The van der Waals surface area contributed by atoms with E-state index in [0.29, 0.717) is 62.0 Å². The fourth-order valence-electron chi connectivity index (χ4n) is 11.6. The maximum atomic E-state index is 12.7. The van der Waals surface area contributed by atoms with Crippen molar-refractivity contribution in [2.24, 2.45) is 11.8 Å². The van der Waals surface area contributed by atoms with E-state index < -0.39 is 12.1 Å². The number of fused-ring (bicyclic) bond motifs is 10. The first-order chi connectivity index (χ1) is 31.5.